The predicted molar refractivity (Wildman–Crippen MR) is 114 cm³/mol. The van der Waals surface area contributed by atoms with Crippen LogP contribution in [-0.4, -0.2) is 28.0 Å². The molecule has 0 radical (unpaired) electrons. The molecule has 0 bridgehead atoms. The molecular weight excluding hydrogens is 480 g/mol. The average Bonchev–Trinajstić information content (AvgIpc) is 2.81. The van der Waals surface area contributed by atoms with Gasteiger partial charge in [0.2, 0.25) is 0 Å². The Morgan fingerprint density at radius 3 is 2.53 bits per heavy atom. The van der Waals surface area contributed by atoms with Gasteiger partial charge in [-0.05, 0) is 30.3 Å². The Labute approximate surface area is 195 Å². The second kappa shape index (κ2) is 10.5. The molecule has 3 N–H and O–H groups in total. The number of hydrogen-bond donors (Lipinski definition) is 3. The van der Waals surface area contributed by atoms with E-state index >= 15 is 8.78 Å². The third-order valence-electron chi connectivity index (χ3n) is 4.71. The van der Waals surface area contributed by atoms with E-state index in [0.717, 1.165) is 24.7 Å². The molecule has 34 heavy (non-hydrogen) atoms. The Balaban J connectivity index is 1.88. The zero-order valence-electron chi connectivity index (χ0n) is 17.2. The number of halogens is 5. The molecule has 2 heterocycles. The lowest BCUT2D eigenvalue weighted by atomic mass is 9.84. The molecule has 0 aliphatic carbocycles. The van der Waals surface area contributed by atoms with Crippen molar-refractivity contribution in [1.29, 1.82) is 5.53 Å². The molecule has 178 valence electrons. The molecule has 0 amide bonds. The van der Waals surface area contributed by atoms with Gasteiger partial charge < -0.3 is 15.2 Å². The van der Waals surface area contributed by atoms with Crippen molar-refractivity contribution in [3.8, 4) is 5.75 Å². The molecule has 0 saturated heterocycles. The SMILES string of the molecule is N=N/N=C\NCC(O)(c1ccc(F)cc1F)C(F)(F)c1ccc(OCc2ccc(Cl)nc2)cn1. The van der Waals surface area contributed by atoms with Crippen LogP contribution in [0.2, 0.25) is 5.15 Å². The fourth-order valence-electron chi connectivity index (χ4n) is 2.99. The minimum atomic E-state index is -4.16. The van der Waals surface area contributed by atoms with Gasteiger partial charge in [-0.15, -0.1) is 5.10 Å². The predicted octanol–water partition coefficient (Wildman–Crippen LogP) is 4.53. The van der Waals surface area contributed by atoms with Gasteiger partial charge in [0.1, 0.15) is 41.2 Å². The minimum Gasteiger partial charge on any atom is -0.487 e. The Morgan fingerprint density at radius 2 is 1.91 bits per heavy atom. The maximum atomic E-state index is 15.5. The van der Waals surface area contributed by atoms with Gasteiger partial charge in [-0.25, -0.2) is 13.8 Å². The normalized spacial score (nSPS) is 13.5. The number of rotatable bonds is 10. The van der Waals surface area contributed by atoms with Gasteiger partial charge in [0.25, 0.3) is 0 Å². The van der Waals surface area contributed by atoms with E-state index in [1.807, 2.05) is 0 Å². The van der Waals surface area contributed by atoms with E-state index in [2.05, 4.69) is 25.6 Å². The summed E-state index contributed by atoms with van der Waals surface area (Å²) in [5.74, 6) is -6.41. The van der Waals surface area contributed by atoms with Gasteiger partial charge in [0.05, 0.1) is 12.7 Å². The second-order valence-electron chi connectivity index (χ2n) is 6.94. The molecule has 8 nitrogen and oxygen atoms in total. The molecule has 13 heteroatoms. The summed E-state index contributed by atoms with van der Waals surface area (Å²) >= 11 is 5.71. The maximum Gasteiger partial charge on any atom is 0.323 e. The molecule has 1 atom stereocenters. The van der Waals surface area contributed by atoms with E-state index in [4.69, 9.17) is 21.9 Å². The van der Waals surface area contributed by atoms with E-state index in [0.29, 0.717) is 22.8 Å². The minimum absolute atomic E-state index is 0.0661. The number of nitrogens with zero attached hydrogens (tertiary/aromatic N) is 4. The van der Waals surface area contributed by atoms with Crippen molar-refractivity contribution >= 4 is 17.9 Å². The lowest BCUT2D eigenvalue weighted by Crippen LogP contribution is -2.51. The van der Waals surface area contributed by atoms with Crippen LogP contribution in [0.25, 0.3) is 0 Å². The summed E-state index contributed by atoms with van der Waals surface area (Å²) in [6, 6.07) is 7.18. The number of aromatic nitrogens is 2. The Kier molecular flexibility index (Phi) is 7.74. The van der Waals surface area contributed by atoms with Crippen molar-refractivity contribution in [1.82, 2.24) is 15.3 Å². The van der Waals surface area contributed by atoms with Crippen molar-refractivity contribution in [3.05, 3.63) is 88.5 Å². The second-order valence-corrected chi connectivity index (χ2v) is 7.33. The molecule has 3 aromatic rings. The van der Waals surface area contributed by atoms with Gasteiger partial charge in [0, 0.05) is 23.4 Å². The first-order chi connectivity index (χ1) is 16.2. The van der Waals surface area contributed by atoms with Crippen molar-refractivity contribution in [3.63, 3.8) is 0 Å². The third-order valence-corrected chi connectivity index (χ3v) is 4.94. The van der Waals surface area contributed by atoms with Gasteiger partial charge in [-0.1, -0.05) is 22.9 Å². The first-order valence-corrected chi connectivity index (χ1v) is 9.92. The summed E-state index contributed by atoms with van der Waals surface area (Å²) in [5, 5.41) is 19.3. The molecule has 0 aliphatic rings. The van der Waals surface area contributed by atoms with Crippen LogP contribution in [0.15, 0.2) is 65.2 Å². The molecule has 0 aliphatic heterocycles. The summed E-state index contributed by atoms with van der Waals surface area (Å²) in [7, 11) is 0. The summed E-state index contributed by atoms with van der Waals surface area (Å²) in [6.07, 6.45) is 3.27. The van der Waals surface area contributed by atoms with Crippen molar-refractivity contribution in [2.75, 3.05) is 6.54 Å². The average molecular weight is 497 g/mol. The highest BCUT2D eigenvalue weighted by Crippen LogP contribution is 2.45. The monoisotopic (exact) mass is 496 g/mol. The standard InChI is InChI=1S/C21H17ClF4N6O2/c22-19-6-1-13(8-30-19)10-34-15-3-5-18(29-9-15)21(25,26)20(33,11-28-12-31-32-27)16-4-2-14(23)7-17(16)24/h1-9,12,33H,10-11H2,(H2,27,28,31). The molecule has 3 rings (SSSR count). The summed E-state index contributed by atoms with van der Waals surface area (Å²) in [6.45, 7) is -0.901. The molecule has 0 saturated carbocycles. The smallest absolute Gasteiger partial charge is 0.323 e. The quantitative estimate of drug-likeness (QED) is 0.0952. The molecule has 2 aromatic heterocycles. The number of ether oxygens (including phenoxy) is 1. The lowest BCUT2D eigenvalue weighted by Gasteiger charge is -2.36. The van der Waals surface area contributed by atoms with Crippen LogP contribution in [-0.2, 0) is 18.1 Å². The van der Waals surface area contributed by atoms with E-state index in [-0.39, 0.29) is 12.4 Å². The number of aliphatic hydroxyl groups is 1. The zero-order chi connectivity index (χ0) is 24.8. The van der Waals surface area contributed by atoms with Crippen LogP contribution in [0.3, 0.4) is 0 Å². The number of hydrogen-bond acceptors (Lipinski definition) is 6. The van der Waals surface area contributed by atoms with Crippen molar-refractivity contribution in [2.45, 2.75) is 18.1 Å². The van der Waals surface area contributed by atoms with Gasteiger partial charge in [-0.2, -0.15) is 14.3 Å². The highest BCUT2D eigenvalue weighted by atomic mass is 35.5. The van der Waals surface area contributed by atoms with Crippen LogP contribution < -0.4 is 10.1 Å². The van der Waals surface area contributed by atoms with E-state index in [1.54, 1.807) is 12.1 Å². The van der Waals surface area contributed by atoms with Crippen molar-refractivity contribution < 1.29 is 27.4 Å². The Morgan fingerprint density at radius 1 is 1.12 bits per heavy atom. The molecule has 0 fully saturated rings. The van der Waals surface area contributed by atoms with Crippen LogP contribution in [0, 0.1) is 17.2 Å². The largest absolute Gasteiger partial charge is 0.487 e. The van der Waals surface area contributed by atoms with Crippen LogP contribution >= 0.6 is 11.6 Å². The summed E-state index contributed by atoms with van der Waals surface area (Å²) in [5.41, 5.74) is 2.26. The molecule has 1 unspecified atom stereocenters. The van der Waals surface area contributed by atoms with E-state index < -0.39 is 41.0 Å². The van der Waals surface area contributed by atoms with Crippen molar-refractivity contribution in [2.24, 2.45) is 10.3 Å². The summed E-state index contributed by atoms with van der Waals surface area (Å²) < 4.78 is 64.3. The Hall–Kier alpha value is -3.64. The number of benzene rings is 1. The lowest BCUT2D eigenvalue weighted by molar-refractivity contribution is -0.195. The first-order valence-electron chi connectivity index (χ1n) is 9.54. The maximum absolute atomic E-state index is 15.5. The highest BCUT2D eigenvalue weighted by molar-refractivity contribution is 6.29. The van der Waals surface area contributed by atoms with E-state index in [9.17, 15) is 13.9 Å². The van der Waals surface area contributed by atoms with E-state index in [1.165, 1.54) is 12.3 Å². The molecule has 0 spiro atoms. The molecule has 1 aromatic carbocycles. The highest BCUT2D eigenvalue weighted by Gasteiger charge is 2.57. The number of nitrogens with one attached hydrogen (secondary N) is 2. The molecular formula is C21H17ClF4N6O2. The van der Waals surface area contributed by atoms with Gasteiger partial charge >= 0.3 is 5.92 Å². The fourth-order valence-corrected chi connectivity index (χ4v) is 3.10. The summed E-state index contributed by atoms with van der Waals surface area (Å²) in [4.78, 5) is 7.58. The third kappa shape index (κ3) is 5.46. The van der Waals surface area contributed by atoms with Crippen LogP contribution in [0.5, 0.6) is 5.75 Å². The first kappa shape index (κ1) is 25.0. The number of alkyl halides is 2. The zero-order valence-corrected chi connectivity index (χ0v) is 18.0. The Bertz CT molecular complexity index is 1160. The number of pyridine rings is 2. The van der Waals surface area contributed by atoms with Gasteiger partial charge in [-0.3, -0.25) is 4.98 Å². The van der Waals surface area contributed by atoms with Gasteiger partial charge in [0.15, 0.2) is 5.60 Å². The fraction of sp³-hybridized carbons (Fsp3) is 0.190. The van der Waals surface area contributed by atoms with Crippen LogP contribution in [0.4, 0.5) is 17.6 Å². The van der Waals surface area contributed by atoms with Crippen LogP contribution in [0.1, 0.15) is 16.8 Å². The topological polar surface area (TPSA) is 116 Å².